The Bertz CT molecular complexity index is 486. The lowest BCUT2D eigenvalue weighted by Gasteiger charge is -2.16. The third kappa shape index (κ3) is 5.45. The molecule has 0 saturated heterocycles. The van der Waals surface area contributed by atoms with Crippen LogP contribution >= 0.6 is 0 Å². The number of hydrogen-bond acceptors (Lipinski definition) is 3. The number of benzene rings is 1. The molecule has 2 amide bonds. The van der Waals surface area contributed by atoms with Crippen LogP contribution in [0.1, 0.15) is 38.1 Å². The Morgan fingerprint density at radius 3 is 2.43 bits per heavy atom. The summed E-state index contributed by atoms with van der Waals surface area (Å²) in [7, 11) is 0. The third-order valence-electron chi connectivity index (χ3n) is 2.96. The van der Waals surface area contributed by atoms with Gasteiger partial charge in [0.05, 0.1) is 5.56 Å². The molecule has 1 unspecified atom stereocenters. The molecular weight excluding hydrogens is 266 g/mol. The van der Waals surface area contributed by atoms with Crippen molar-refractivity contribution in [2.24, 2.45) is 5.92 Å². The Labute approximate surface area is 126 Å². The Balaban J connectivity index is 2.66. The normalized spacial score (nSPS) is 11.9. The van der Waals surface area contributed by atoms with Gasteiger partial charge >= 0.3 is 0 Å². The quantitative estimate of drug-likeness (QED) is 0.719. The zero-order chi connectivity index (χ0) is 15.8. The zero-order valence-corrected chi connectivity index (χ0v) is 13.2. The number of nitrogens with one attached hydrogen (secondary N) is 3. The van der Waals surface area contributed by atoms with Gasteiger partial charge in [0.1, 0.15) is 6.04 Å². The summed E-state index contributed by atoms with van der Waals surface area (Å²) in [4.78, 5) is 24.1. The van der Waals surface area contributed by atoms with E-state index >= 15 is 0 Å². The summed E-state index contributed by atoms with van der Waals surface area (Å²) in [6.45, 7) is 9.04. The van der Waals surface area contributed by atoms with Gasteiger partial charge in [0.2, 0.25) is 5.91 Å². The molecule has 0 aromatic heterocycles. The number of carbonyl (C=O) groups excluding carboxylic acids is 2. The van der Waals surface area contributed by atoms with Gasteiger partial charge in [-0.25, -0.2) is 0 Å². The van der Waals surface area contributed by atoms with E-state index in [0.29, 0.717) is 18.0 Å². The minimum atomic E-state index is -0.564. The summed E-state index contributed by atoms with van der Waals surface area (Å²) >= 11 is 0. The molecule has 0 heterocycles. The Morgan fingerprint density at radius 2 is 1.81 bits per heavy atom. The zero-order valence-electron chi connectivity index (χ0n) is 13.2. The van der Waals surface area contributed by atoms with Crippen LogP contribution in [0.3, 0.4) is 0 Å². The van der Waals surface area contributed by atoms with Crippen molar-refractivity contribution in [1.29, 1.82) is 0 Å². The second kappa shape index (κ2) is 8.29. The molecule has 3 N–H and O–H groups in total. The molecule has 1 aromatic rings. The second-order valence-corrected chi connectivity index (χ2v) is 5.41. The van der Waals surface area contributed by atoms with Crippen LogP contribution in [0.4, 0.5) is 5.69 Å². The fourth-order valence-corrected chi connectivity index (χ4v) is 1.82. The smallest absolute Gasteiger partial charge is 0.254 e. The van der Waals surface area contributed by atoms with Crippen molar-refractivity contribution in [3.8, 4) is 0 Å². The molecular formula is C16H25N3O2. The number of para-hydroxylation sites is 1. The predicted molar refractivity (Wildman–Crippen MR) is 85.4 cm³/mol. The minimum absolute atomic E-state index is 0.169. The van der Waals surface area contributed by atoms with Crippen molar-refractivity contribution in [2.45, 2.75) is 33.7 Å². The van der Waals surface area contributed by atoms with Gasteiger partial charge in [-0.1, -0.05) is 26.0 Å². The highest BCUT2D eigenvalue weighted by atomic mass is 16.2. The first-order valence-corrected chi connectivity index (χ1v) is 7.37. The van der Waals surface area contributed by atoms with Gasteiger partial charge in [-0.15, -0.1) is 0 Å². The van der Waals surface area contributed by atoms with E-state index in [1.165, 1.54) is 0 Å². The van der Waals surface area contributed by atoms with E-state index in [0.717, 1.165) is 12.2 Å². The summed E-state index contributed by atoms with van der Waals surface area (Å²) in [5, 5.41) is 8.67. The lowest BCUT2D eigenvalue weighted by molar-refractivity contribution is -0.122. The van der Waals surface area contributed by atoms with E-state index in [1.54, 1.807) is 19.1 Å². The van der Waals surface area contributed by atoms with Crippen molar-refractivity contribution in [2.75, 3.05) is 18.4 Å². The summed E-state index contributed by atoms with van der Waals surface area (Å²) in [6, 6.07) is 6.70. The maximum atomic E-state index is 12.3. The van der Waals surface area contributed by atoms with Gasteiger partial charge in [0.15, 0.2) is 0 Å². The number of amides is 2. The standard InChI is InChI=1S/C16H25N3O2/c1-5-17-14-9-7-6-8-13(14)16(21)19-12(4)15(20)18-10-11(2)3/h6-9,11-12,17H,5,10H2,1-4H3,(H,18,20)(H,19,21). The van der Waals surface area contributed by atoms with Crippen LogP contribution in [-0.2, 0) is 4.79 Å². The largest absolute Gasteiger partial charge is 0.385 e. The molecule has 5 heteroatoms. The second-order valence-electron chi connectivity index (χ2n) is 5.41. The van der Waals surface area contributed by atoms with Crippen LogP contribution in [0.15, 0.2) is 24.3 Å². The summed E-state index contributed by atoms with van der Waals surface area (Å²) in [5.41, 5.74) is 1.31. The van der Waals surface area contributed by atoms with Crippen LogP contribution < -0.4 is 16.0 Å². The Kier molecular flexibility index (Phi) is 6.72. The lowest BCUT2D eigenvalue weighted by Crippen LogP contribution is -2.45. The lowest BCUT2D eigenvalue weighted by atomic mass is 10.1. The first-order chi connectivity index (χ1) is 9.95. The van der Waals surface area contributed by atoms with Gasteiger partial charge in [-0.05, 0) is 31.9 Å². The van der Waals surface area contributed by atoms with Gasteiger partial charge < -0.3 is 16.0 Å². The summed E-state index contributed by atoms with van der Waals surface area (Å²) in [5.74, 6) is -0.0388. The van der Waals surface area contributed by atoms with E-state index in [4.69, 9.17) is 0 Å². The first-order valence-electron chi connectivity index (χ1n) is 7.37. The average molecular weight is 291 g/mol. The molecule has 0 aliphatic rings. The van der Waals surface area contributed by atoms with Crippen molar-refractivity contribution < 1.29 is 9.59 Å². The molecule has 0 fully saturated rings. The molecule has 1 aromatic carbocycles. The molecule has 116 valence electrons. The molecule has 21 heavy (non-hydrogen) atoms. The first kappa shape index (κ1) is 17.0. The van der Waals surface area contributed by atoms with Crippen molar-refractivity contribution in [1.82, 2.24) is 10.6 Å². The predicted octanol–water partition coefficient (Wildman–Crippen LogP) is 2.01. The average Bonchev–Trinajstić information content (AvgIpc) is 2.45. The molecule has 0 radical (unpaired) electrons. The van der Waals surface area contributed by atoms with Gasteiger partial charge in [-0.3, -0.25) is 9.59 Å². The molecule has 0 saturated carbocycles. The monoisotopic (exact) mass is 291 g/mol. The number of rotatable bonds is 7. The van der Waals surface area contributed by atoms with E-state index < -0.39 is 6.04 Å². The van der Waals surface area contributed by atoms with E-state index in [2.05, 4.69) is 16.0 Å². The summed E-state index contributed by atoms with van der Waals surface area (Å²) < 4.78 is 0. The maximum absolute atomic E-state index is 12.3. The van der Waals surface area contributed by atoms with Crippen molar-refractivity contribution >= 4 is 17.5 Å². The SMILES string of the molecule is CCNc1ccccc1C(=O)NC(C)C(=O)NCC(C)C. The maximum Gasteiger partial charge on any atom is 0.254 e. The van der Waals surface area contributed by atoms with Crippen LogP contribution in [0.25, 0.3) is 0 Å². The Hall–Kier alpha value is -2.04. The molecule has 5 nitrogen and oxygen atoms in total. The van der Waals surface area contributed by atoms with Crippen LogP contribution in [0.2, 0.25) is 0 Å². The van der Waals surface area contributed by atoms with Crippen molar-refractivity contribution in [3.05, 3.63) is 29.8 Å². The number of carbonyl (C=O) groups is 2. The van der Waals surface area contributed by atoms with Crippen LogP contribution in [0.5, 0.6) is 0 Å². The fourth-order valence-electron chi connectivity index (χ4n) is 1.82. The summed E-state index contributed by atoms with van der Waals surface area (Å²) in [6.07, 6.45) is 0. The highest BCUT2D eigenvalue weighted by molar-refractivity contribution is 6.01. The highest BCUT2D eigenvalue weighted by Crippen LogP contribution is 2.14. The molecule has 1 atom stereocenters. The van der Waals surface area contributed by atoms with Crippen LogP contribution in [-0.4, -0.2) is 30.9 Å². The molecule has 0 aliphatic heterocycles. The minimum Gasteiger partial charge on any atom is -0.385 e. The number of hydrogen-bond donors (Lipinski definition) is 3. The molecule has 1 rings (SSSR count). The third-order valence-corrected chi connectivity index (χ3v) is 2.96. The fraction of sp³-hybridized carbons (Fsp3) is 0.500. The highest BCUT2D eigenvalue weighted by Gasteiger charge is 2.18. The molecule has 0 spiro atoms. The Morgan fingerprint density at radius 1 is 1.14 bits per heavy atom. The van der Waals surface area contributed by atoms with Gasteiger partial charge in [0.25, 0.3) is 5.91 Å². The van der Waals surface area contributed by atoms with E-state index in [-0.39, 0.29) is 11.8 Å². The van der Waals surface area contributed by atoms with Crippen molar-refractivity contribution in [3.63, 3.8) is 0 Å². The van der Waals surface area contributed by atoms with E-state index in [9.17, 15) is 9.59 Å². The van der Waals surface area contributed by atoms with Gasteiger partial charge in [0, 0.05) is 18.8 Å². The topological polar surface area (TPSA) is 70.2 Å². The molecule has 0 bridgehead atoms. The molecule has 0 aliphatic carbocycles. The van der Waals surface area contributed by atoms with Gasteiger partial charge in [-0.2, -0.15) is 0 Å². The van der Waals surface area contributed by atoms with Crippen LogP contribution in [0, 0.1) is 5.92 Å². The number of anilines is 1. The van der Waals surface area contributed by atoms with E-state index in [1.807, 2.05) is 32.9 Å².